The number of unbranched alkanes of at least 4 members (excludes halogenated alkanes) is 2. The Labute approximate surface area is 113 Å². The van der Waals surface area contributed by atoms with Gasteiger partial charge in [0.15, 0.2) is 5.78 Å². The molecular formula is C15H19NO3. The van der Waals surface area contributed by atoms with Crippen LogP contribution in [0.15, 0.2) is 18.2 Å². The van der Waals surface area contributed by atoms with Crippen LogP contribution in [0.3, 0.4) is 0 Å². The number of benzene rings is 1. The van der Waals surface area contributed by atoms with Crippen molar-refractivity contribution in [2.45, 2.75) is 32.6 Å². The summed E-state index contributed by atoms with van der Waals surface area (Å²) >= 11 is 0. The minimum Gasteiger partial charge on any atom is -0.491 e. The number of amides is 1. The summed E-state index contributed by atoms with van der Waals surface area (Å²) < 4.78 is 5.46. The normalized spacial score (nSPS) is 14.1. The van der Waals surface area contributed by atoms with Crippen LogP contribution in [0.25, 0.3) is 0 Å². The predicted octanol–water partition coefficient (Wildman–Crippen LogP) is 2.57. The van der Waals surface area contributed by atoms with Gasteiger partial charge in [0.1, 0.15) is 12.4 Å². The van der Waals surface area contributed by atoms with E-state index < -0.39 is 0 Å². The monoisotopic (exact) mass is 261 g/mol. The Morgan fingerprint density at radius 1 is 1.37 bits per heavy atom. The van der Waals surface area contributed by atoms with Gasteiger partial charge in [0.25, 0.3) is 5.91 Å². The van der Waals surface area contributed by atoms with E-state index in [0.717, 1.165) is 19.3 Å². The second kappa shape index (κ2) is 6.36. The van der Waals surface area contributed by atoms with Crippen LogP contribution in [0, 0.1) is 0 Å². The molecule has 0 atom stereocenters. The summed E-state index contributed by atoms with van der Waals surface area (Å²) in [6.07, 6.45) is 3.58. The summed E-state index contributed by atoms with van der Waals surface area (Å²) in [5, 5.41) is 2.74. The van der Waals surface area contributed by atoms with Crippen LogP contribution in [0.4, 0.5) is 0 Å². The van der Waals surface area contributed by atoms with E-state index in [0.29, 0.717) is 36.4 Å². The molecule has 0 fully saturated rings. The van der Waals surface area contributed by atoms with Crippen molar-refractivity contribution in [2.24, 2.45) is 0 Å². The van der Waals surface area contributed by atoms with Gasteiger partial charge in [0.05, 0.1) is 12.1 Å². The summed E-state index contributed by atoms with van der Waals surface area (Å²) in [6.45, 7) is 3.06. The SMILES string of the molecule is CCCCCC(=O)c1ccc2c(c1)C(=O)NCCO2. The molecule has 0 saturated carbocycles. The number of hydrogen-bond donors (Lipinski definition) is 1. The molecule has 1 amide bonds. The first kappa shape index (κ1) is 13.6. The maximum absolute atomic E-state index is 12.0. The van der Waals surface area contributed by atoms with Crippen molar-refractivity contribution < 1.29 is 14.3 Å². The highest BCUT2D eigenvalue weighted by molar-refractivity contribution is 6.02. The number of nitrogens with one attached hydrogen (secondary N) is 1. The molecule has 0 aliphatic carbocycles. The maximum atomic E-state index is 12.0. The molecule has 0 saturated heterocycles. The number of hydrogen-bond acceptors (Lipinski definition) is 3. The molecule has 1 N–H and O–H groups in total. The molecule has 102 valence electrons. The van der Waals surface area contributed by atoms with Crippen molar-refractivity contribution in [3.63, 3.8) is 0 Å². The zero-order valence-electron chi connectivity index (χ0n) is 11.2. The zero-order chi connectivity index (χ0) is 13.7. The van der Waals surface area contributed by atoms with Gasteiger partial charge >= 0.3 is 0 Å². The third-order valence-corrected chi connectivity index (χ3v) is 3.20. The van der Waals surface area contributed by atoms with Gasteiger partial charge in [-0.2, -0.15) is 0 Å². The second-order valence-electron chi connectivity index (χ2n) is 4.70. The van der Waals surface area contributed by atoms with Gasteiger partial charge in [-0.05, 0) is 24.6 Å². The third-order valence-electron chi connectivity index (χ3n) is 3.20. The first-order valence-corrected chi connectivity index (χ1v) is 6.80. The standard InChI is InChI=1S/C15H19NO3/c1-2-3-4-5-13(17)11-6-7-14-12(10-11)15(18)16-8-9-19-14/h6-7,10H,2-5,8-9H2,1H3,(H,16,18). The molecule has 0 spiro atoms. The molecule has 0 bridgehead atoms. The summed E-state index contributed by atoms with van der Waals surface area (Å²) in [7, 11) is 0. The first-order valence-electron chi connectivity index (χ1n) is 6.80. The Morgan fingerprint density at radius 3 is 3.00 bits per heavy atom. The van der Waals surface area contributed by atoms with Crippen LogP contribution < -0.4 is 10.1 Å². The Hall–Kier alpha value is -1.84. The average Bonchev–Trinajstić information content (AvgIpc) is 2.61. The Kier molecular flexibility index (Phi) is 4.55. The molecule has 0 radical (unpaired) electrons. The molecule has 0 unspecified atom stereocenters. The Morgan fingerprint density at radius 2 is 2.21 bits per heavy atom. The fraction of sp³-hybridized carbons (Fsp3) is 0.467. The Bertz CT molecular complexity index is 482. The van der Waals surface area contributed by atoms with E-state index in [9.17, 15) is 9.59 Å². The first-order chi connectivity index (χ1) is 9.22. The van der Waals surface area contributed by atoms with Gasteiger partial charge in [0.2, 0.25) is 0 Å². The van der Waals surface area contributed by atoms with E-state index in [4.69, 9.17) is 4.74 Å². The summed E-state index contributed by atoms with van der Waals surface area (Å²) in [4.78, 5) is 23.9. The third kappa shape index (κ3) is 3.34. The number of Topliss-reactive ketones (excluding diaryl/α,β-unsaturated/α-hetero) is 1. The van der Waals surface area contributed by atoms with E-state index in [1.807, 2.05) is 0 Å². The molecule has 19 heavy (non-hydrogen) atoms. The predicted molar refractivity (Wildman–Crippen MR) is 72.7 cm³/mol. The lowest BCUT2D eigenvalue weighted by Crippen LogP contribution is -2.24. The minimum absolute atomic E-state index is 0.0910. The average molecular weight is 261 g/mol. The summed E-state index contributed by atoms with van der Waals surface area (Å²) in [5.74, 6) is 0.476. The van der Waals surface area contributed by atoms with Crippen molar-refractivity contribution in [1.29, 1.82) is 0 Å². The Balaban J connectivity index is 2.15. The second-order valence-corrected chi connectivity index (χ2v) is 4.70. The fourth-order valence-corrected chi connectivity index (χ4v) is 2.11. The highest BCUT2D eigenvalue weighted by Crippen LogP contribution is 2.22. The van der Waals surface area contributed by atoms with Gasteiger partial charge in [-0.15, -0.1) is 0 Å². The number of carbonyl (C=O) groups is 2. The maximum Gasteiger partial charge on any atom is 0.255 e. The van der Waals surface area contributed by atoms with E-state index >= 15 is 0 Å². The summed E-state index contributed by atoms with van der Waals surface area (Å²) in [6, 6.07) is 5.10. The lowest BCUT2D eigenvalue weighted by molar-refractivity contribution is 0.0957. The number of carbonyl (C=O) groups excluding carboxylic acids is 2. The van der Waals surface area contributed by atoms with Crippen LogP contribution in [0.1, 0.15) is 53.3 Å². The smallest absolute Gasteiger partial charge is 0.255 e. The van der Waals surface area contributed by atoms with Crippen LogP contribution in [0.5, 0.6) is 5.75 Å². The number of ketones is 1. The number of rotatable bonds is 5. The van der Waals surface area contributed by atoms with E-state index in [-0.39, 0.29) is 11.7 Å². The van der Waals surface area contributed by atoms with Gasteiger partial charge in [-0.25, -0.2) is 0 Å². The van der Waals surface area contributed by atoms with Crippen molar-refractivity contribution in [3.05, 3.63) is 29.3 Å². The molecule has 1 heterocycles. The van der Waals surface area contributed by atoms with Crippen LogP contribution >= 0.6 is 0 Å². The topological polar surface area (TPSA) is 55.4 Å². The molecule has 4 heteroatoms. The molecule has 1 aliphatic heterocycles. The van der Waals surface area contributed by atoms with Gasteiger partial charge < -0.3 is 10.1 Å². The van der Waals surface area contributed by atoms with Gasteiger partial charge in [0, 0.05) is 12.0 Å². The highest BCUT2D eigenvalue weighted by Gasteiger charge is 2.18. The molecule has 2 rings (SSSR count). The van der Waals surface area contributed by atoms with Crippen LogP contribution in [-0.2, 0) is 0 Å². The number of fused-ring (bicyclic) bond motifs is 1. The largest absolute Gasteiger partial charge is 0.491 e. The molecule has 1 aromatic carbocycles. The quantitative estimate of drug-likeness (QED) is 0.654. The van der Waals surface area contributed by atoms with Crippen molar-refractivity contribution in [1.82, 2.24) is 5.32 Å². The fourth-order valence-electron chi connectivity index (χ4n) is 2.11. The van der Waals surface area contributed by atoms with Gasteiger partial charge in [-0.3, -0.25) is 9.59 Å². The van der Waals surface area contributed by atoms with Gasteiger partial charge in [-0.1, -0.05) is 19.8 Å². The lowest BCUT2D eigenvalue weighted by Gasteiger charge is -2.07. The number of ether oxygens (including phenoxy) is 1. The molecule has 1 aromatic rings. The summed E-state index contributed by atoms with van der Waals surface area (Å²) in [5.41, 5.74) is 1.05. The van der Waals surface area contributed by atoms with Crippen molar-refractivity contribution in [2.75, 3.05) is 13.2 Å². The van der Waals surface area contributed by atoms with Crippen molar-refractivity contribution in [3.8, 4) is 5.75 Å². The highest BCUT2D eigenvalue weighted by atomic mass is 16.5. The minimum atomic E-state index is -0.171. The van der Waals surface area contributed by atoms with E-state index in [1.54, 1.807) is 18.2 Å². The van der Waals surface area contributed by atoms with E-state index in [2.05, 4.69) is 12.2 Å². The van der Waals surface area contributed by atoms with E-state index in [1.165, 1.54) is 0 Å². The lowest BCUT2D eigenvalue weighted by atomic mass is 10.0. The van der Waals surface area contributed by atoms with Crippen LogP contribution in [0.2, 0.25) is 0 Å². The molecule has 1 aliphatic rings. The molecule has 4 nitrogen and oxygen atoms in total. The zero-order valence-corrected chi connectivity index (χ0v) is 11.2. The molecule has 0 aromatic heterocycles. The van der Waals surface area contributed by atoms with Crippen molar-refractivity contribution >= 4 is 11.7 Å². The molecular weight excluding hydrogens is 242 g/mol. The van der Waals surface area contributed by atoms with Crippen LogP contribution in [-0.4, -0.2) is 24.8 Å².